The van der Waals surface area contributed by atoms with E-state index in [1.54, 1.807) is 50.5 Å². The molecule has 0 aliphatic rings. The van der Waals surface area contributed by atoms with Crippen LogP contribution >= 0.6 is 0 Å². The molecule has 0 aliphatic carbocycles. The largest absolute Gasteiger partial charge is 0.419 e. The lowest BCUT2D eigenvalue weighted by Crippen LogP contribution is -2.13. The number of benzene rings is 1. The van der Waals surface area contributed by atoms with Crippen molar-refractivity contribution >= 4 is 9.84 Å². The van der Waals surface area contributed by atoms with E-state index in [9.17, 15) is 8.42 Å². The zero-order valence-corrected chi connectivity index (χ0v) is 16.0. The third kappa shape index (κ3) is 4.20. The Labute approximate surface area is 157 Å². The topological polar surface area (TPSA) is 125 Å². The van der Waals surface area contributed by atoms with Crippen molar-refractivity contribution in [1.82, 2.24) is 20.2 Å². The van der Waals surface area contributed by atoms with Gasteiger partial charge in [-0.1, -0.05) is 12.1 Å². The molecule has 0 bridgehead atoms. The molecular weight excluding hydrogens is 366 g/mol. The molecular formula is C18H21N5O3S. The van der Waals surface area contributed by atoms with E-state index in [1.807, 2.05) is 0 Å². The van der Waals surface area contributed by atoms with E-state index < -0.39 is 15.1 Å². The summed E-state index contributed by atoms with van der Waals surface area (Å²) < 4.78 is 30.1. The van der Waals surface area contributed by atoms with Gasteiger partial charge in [0.2, 0.25) is 5.89 Å². The Kier molecular flexibility index (Phi) is 5.62. The first-order chi connectivity index (χ1) is 12.9. The number of hydrogen-bond acceptors (Lipinski definition) is 8. The van der Waals surface area contributed by atoms with E-state index in [2.05, 4.69) is 20.2 Å². The Hall–Kier alpha value is -2.65. The molecule has 0 unspecified atom stereocenters. The lowest BCUT2D eigenvalue weighted by molar-refractivity contribution is 0.497. The molecule has 2 heterocycles. The highest BCUT2D eigenvalue weighted by atomic mass is 32.2. The smallest absolute Gasteiger partial charge is 0.267 e. The van der Waals surface area contributed by atoms with Gasteiger partial charge in [-0.05, 0) is 38.9 Å². The molecule has 142 valence electrons. The summed E-state index contributed by atoms with van der Waals surface area (Å²) in [6.07, 6.45) is 4.52. The van der Waals surface area contributed by atoms with Crippen molar-refractivity contribution in [3.63, 3.8) is 0 Å². The number of nitrogens with two attached hydrogens (primary N) is 1. The fourth-order valence-corrected chi connectivity index (χ4v) is 3.47. The van der Waals surface area contributed by atoms with Crippen LogP contribution in [0.3, 0.4) is 0 Å². The van der Waals surface area contributed by atoms with Crippen molar-refractivity contribution in [2.45, 2.75) is 36.8 Å². The van der Waals surface area contributed by atoms with E-state index in [-0.39, 0.29) is 10.8 Å². The van der Waals surface area contributed by atoms with Crippen LogP contribution in [-0.4, -0.2) is 40.4 Å². The van der Waals surface area contributed by atoms with Crippen molar-refractivity contribution in [3.8, 4) is 22.8 Å². The van der Waals surface area contributed by atoms with Crippen molar-refractivity contribution < 1.29 is 12.8 Å². The van der Waals surface area contributed by atoms with E-state index in [4.69, 9.17) is 10.2 Å². The molecule has 0 spiro atoms. The number of sulfone groups is 1. The van der Waals surface area contributed by atoms with Crippen molar-refractivity contribution in [1.29, 1.82) is 0 Å². The molecule has 2 aromatic heterocycles. The third-order valence-electron chi connectivity index (χ3n) is 4.01. The van der Waals surface area contributed by atoms with Crippen molar-refractivity contribution in [3.05, 3.63) is 42.5 Å². The van der Waals surface area contributed by atoms with Crippen molar-refractivity contribution in [2.24, 2.45) is 5.73 Å². The van der Waals surface area contributed by atoms with E-state index in [0.29, 0.717) is 30.2 Å². The highest BCUT2D eigenvalue weighted by molar-refractivity contribution is 7.92. The van der Waals surface area contributed by atoms with Gasteiger partial charge in [0, 0.05) is 12.0 Å². The molecule has 8 nitrogen and oxygen atoms in total. The summed E-state index contributed by atoms with van der Waals surface area (Å²) in [6, 6.07) is 6.58. The molecule has 0 saturated carbocycles. The van der Waals surface area contributed by atoms with Gasteiger partial charge in [-0.2, -0.15) is 0 Å². The highest BCUT2D eigenvalue weighted by Crippen LogP contribution is 2.23. The van der Waals surface area contributed by atoms with Crippen LogP contribution in [0.5, 0.6) is 0 Å². The summed E-state index contributed by atoms with van der Waals surface area (Å²) in [5, 5.41) is 7.51. The summed E-state index contributed by atoms with van der Waals surface area (Å²) in [5.41, 5.74) is 7.27. The fourth-order valence-electron chi connectivity index (χ4n) is 2.41. The van der Waals surface area contributed by atoms with Crippen LogP contribution in [-0.2, 0) is 16.3 Å². The lowest BCUT2D eigenvalue weighted by Gasteiger charge is -2.08. The Morgan fingerprint density at radius 2 is 1.78 bits per heavy atom. The number of aryl methyl sites for hydroxylation is 1. The maximum absolute atomic E-state index is 12.2. The molecule has 0 saturated heterocycles. The molecule has 0 amide bonds. The van der Waals surface area contributed by atoms with Crippen LogP contribution < -0.4 is 5.73 Å². The number of hydrogen-bond donors (Lipinski definition) is 1. The van der Waals surface area contributed by atoms with Gasteiger partial charge in [0.1, 0.15) is 5.69 Å². The second-order valence-electron chi connectivity index (χ2n) is 6.30. The van der Waals surface area contributed by atoms with Crippen molar-refractivity contribution in [2.75, 3.05) is 6.54 Å². The first kappa shape index (κ1) is 19.1. The summed E-state index contributed by atoms with van der Waals surface area (Å²) >= 11 is 0. The third-order valence-corrected chi connectivity index (χ3v) is 6.18. The molecule has 0 fully saturated rings. The minimum atomic E-state index is -3.31. The average Bonchev–Trinajstić information content (AvgIpc) is 3.15. The summed E-state index contributed by atoms with van der Waals surface area (Å²) in [7, 11) is -3.31. The van der Waals surface area contributed by atoms with Gasteiger partial charge in [0.15, 0.2) is 9.84 Å². The van der Waals surface area contributed by atoms with Gasteiger partial charge in [-0.3, -0.25) is 4.98 Å². The average molecular weight is 387 g/mol. The summed E-state index contributed by atoms with van der Waals surface area (Å²) in [6.45, 7) is 3.87. The lowest BCUT2D eigenvalue weighted by atomic mass is 10.1. The molecule has 0 atom stereocenters. The number of aromatic nitrogens is 4. The maximum atomic E-state index is 12.2. The molecule has 27 heavy (non-hydrogen) atoms. The number of nitrogens with zero attached hydrogens (tertiary/aromatic N) is 4. The predicted octanol–water partition coefficient (Wildman–Crippen LogP) is 2.27. The highest BCUT2D eigenvalue weighted by Gasteiger charge is 2.19. The predicted molar refractivity (Wildman–Crippen MR) is 100 cm³/mol. The van der Waals surface area contributed by atoms with Gasteiger partial charge < -0.3 is 10.2 Å². The van der Waals surface area contributed by atoms with Gasteiger partial charge in [-0.25, -0.2) is 13.4 Å². The van der Waals surface area contributed by atoms with Gasteiger partial charge in [0.25, 0.3) is 5.89 Å². The standard InChI is InChI=1S/C18H21N5O3S/c1-12(2)27(24,25)14-7-5-13(6-8-14)15-10-20-11-16(21-15)18-23-22-17(26-18)4-3-9-19/h5-8,10-12H,3-4,9,19H2,1-2H3. The van der Waals surface area contributed by atoms with Crippen LogP contribution in [0.2, 0.25) is 0 Å². The zero-order valence-electron chi connectivity index (χ0n) is 15.2. The zero-order chi connectivity index (χ0) is 19.4. The van der Waals surface area contributed by atoms with Crippen LogP contribution in [0, 0.1) is 0 Å². The van der Waals surface area contributed by atoms with Crippen LogP contribution in [0.15, 0.2) is 46.0 Å². The maximum Gasteiger partial charge on any atom is 0.267 e. The van der Waals surface area contributed by atoms with Crippen LogP contribution in [0.4, 0.5) is 0 Å². The fraction of sp³-hybridized carbons (Fsp3) is 0.333. The van der Waals surface area contributed by atoms with E-state index in [1.165, 1.54) is 0 Å². The Bertz CT molecular complexity index is 1010. The van der Waals surface area contributed by atoms with E-state index in [0.717, 1.165) is 12.0 Å². The molecule has 3 rings (SSSR count). The Morgan fingerprint density at radius 1 is 1.07 bits per heavy atom. The first-order valence-corrected chi connectivity index (χ1v) is 10.2. The normalized spacial score (nSPS) is 11.9. The van der Waals surface area contributed by atoms with Crippen LogP contribution in [0.1, 0.15) is 26.2 Å². The molecule has 2 N–H and O–H groups in total. The van der Waals surface area contributed by atoms with Crippen LogP contribution in [0.25, 0.3) is 22.8 Å². The molecule has 9 heteroatoms. The number of rotatable bonds is 7. The molecule has 0 aliphatic heterocycles. The SMILES string of the molecule is CC(C)S(=O)(=O)c1ccc(-c2cncc(-c3nnc(CCCN)o3)n2)cc1. The quantitative estimate of drug-likeness (QED) is 0.654. The minimum Gasteiger partial charge on any atom is -0.419 e. The first-order valence-electron chi connectivity index (χ1n) is 8.61. The second kappa shape index (κ2) is 7.93. The monoisotopic (exact) mass is 387 g/mol. The molecule has 0 radical (unpaired) electrons. The molecule has 1 aromatic carbocycles. The summed E-state index contributed by atoms with van der Waals surface area (Å²) in [5.74, 6) is 0.793. The second-order valence-corrected chi connectivity index (χ2v) is 8.81. The minimum absolute atomic E-state index is 0.284. The van der Waals surface area contributed by atoms with Gasteiger partial charge in [-0.15, -0.1) is 10.2 Å². The Morgan fingerprint density at radius 3 is 2.44 bits per heavy atom. The van der Waals surface area contributed by atoms with E-state index >= 15 is 0 Å². The molecule has 3 aromatic rings. The Balaban J connectivity index is 1.86. The summed E-state index contributed by atoms with van der Waals surface area (Å²) in [4.78, 5) is 8.96. The van der Waals surface area contributed by atoms with Gasteiger partial charge in [0.05, 0.1) is 28.2 Å². The van der Waals surface area contributed by atoms with Gasteiger partial charge >= 0.3 is 0 Å².